The third-order valence-electron chi connectivity index (χ3n) is 2.43. The molecule has 0 aliphatic heterocycles. The van der Waals surface area contributed by atoms with Crippen LogP contribution < -0.4 is 10.5 Å². The SMILES string of the molecule is Cc1cc(Oc2nc(N)nc3nc[nH]c23)n(C)n1. The van der Waals surface area contributed by atoms with Crippen LogP contribution in [0.25, 0.3) is 11.2 Å². The van der Waals surface area contributed by atoms with Crippen LogP contribution in [0.2, 0.25) is 0 Å². The second kappa shape index (κ2) is 3.69. The molecule has 0 aliphatic carbocycles. The molecule has 18 heavy (non-hydrogen) atoms. The minimum absolute atomic E-state index is 0.114. The van der Waals surface area contributed by atoms with E-state index in [1.54, 1.807) is 17.8 Å². The largest absolute Gasteiger partial charge is 0.418 e. The Hall–Kier alpha value is -2.64. The second-order valence-corrected chi connectivity index (χ2v) is 3.84. The smallest absolute Gasteiger partial charge is 0.252 e. The summed E-state index contributed by atoms with van der Waals surface area (Å²) in [5.74, 6) is 1.02. The minimum Gasteiger partial charge on any atom is -0.418 e. The van der Waals surface area contributed by atoms with Gasteiger partial charge in [0, 0.05) is 13.1 Å². The van der Waals surface area contributed by atoms with Crippen molar-refractivity contribution in [1.29, 1.82) is 0 Å². The Morgan fingerprint density at radius 3 is 2.94 bits per heavy atom. The van der Waals surface area contributed by atoms with E-state index in [0.29, 0.717) is 22.9 Å². The molecule has 3 aromatic rings. The molecule has 8 heteroatoms. The highest BCUT2D eigenvalue weighted by molar-refractivity contribution is 5.76. The zero-order chi connectivity index (χ0) is 12.7. The van der Waals surface area contributed by atoms with Gasteiger partial charge in [0.2, 0.25) is 11.8 Å². The Kier molecular flexibility index (Phi) is 2.15. The Labute approximate surface area is 102 Å². The first-order chi connectivity index (χ1) is 8.63. The number of aromatic amines is 1. The summed E-state index contributed by atoms with van der Waals surface area (Å²) in [6.45, 7) is 1.88. The van der Waals surface area contributed by atoms with E-state index in [1.165, 1.54) is 6.33 Å². The van der Waals surface area contributed by atoms with E-state index in [0.717, 1.165) is 5.69 Å². The van der Waals surface area contributed by atoms with Crippen molar-refractivity contribution in [2.45, 2.75) is 6.92 Å². The second-order valence-electron chi connectivity index (χ2n) is 3.84. The zero-order valence-corrected chi connectivity index (χ0v) is 9.88. The van der Waals surface area contributed by atoms with Gasteiger partial charge in [-0.2, -0.15) is 15.1 Å². The fourth-order valence-corrected chi connectivity index (χ4v) is 1.68. The summed E-state index contributed by atoms with van der Waals surface area (Å²) in [6.07, 6.45) is 1.51. The fraction of sp³-hybridized carbons (Fsp3) is 0.200. The third-order valence-corrected chi connectivity index (χ3v) is 2.43. The van der Waals surface area contributed by atoms with Crippen molar-refractivity contribution in [2.75, 3.05) is 5.73 Å². The summed E-state index contributed by atoms with van der Waals surface area (Å²) in [6, 6.07) is 1.81. The molecule has 0 aliphatic rings. The van der Waals surface area contributed by atoms with E-state index in [4.69, 9.17) is 10.5 Å². The number of fused-ring (bicyclic) bond motifs is 1. The summed E-state index contributed by atoms with van der Waals surface area (Å²) >= 11 is 0. The Morgan fingerprint density at radius 1 is 1.39 bits per heavy atom. The Morgan fingerprint density at radius 2 is 2.22 bits per heavy atom. The van der Waals surface area contributed by atoms with Crippen LogP contribution >= 0.6 is 0 Å². The number of H-pyrrole nitrogens is 1. The van der Waals surface area contributed by atoms with Gasteiger partial charge >= 0.3 is 0 Å². The highest BCUT2D eigenvalue weighted by Crippen LogP contribution is 2.25. The molecular formula is C10H11N7O. The number of aromatic nitrogens is 6. The maximum Gasteiger partial charge on any atom is 0.252 e. The topological polar surface area (TPSA) is 108 Å². The van der Waals surface area contributed by atoms with Crippen LogP contribution in [0, 0.1) is 6.92 Å². The van der Waals surface area contributed by atoms with Gasteiger partial charge < -0.3 is 15.5 Å². The highest BCUT2D eigenvalue weighted by atomic mass is 16.5. The maximum absolute atomic E-state index is 5.68. The molecule has 0 atom stereocenters. The number of rotatable bonds is 2. The first-order valence-electron chi connectivity index (χ1n) is 5.28. The van der Waals surface area contributed by atoms with E-state index in [1.807, 2.05) is 6.92 Å². The van der Waals surface area contributed by atoms with Gasteiger partial charge in [0.05, 0.1) is 12.0 Å². The quantitative estimate of drug-likeness (QED) is 0.690. The molecule has 0 amide bonds. The molecule has 3 heterocycles. The molecule has 0 saturated heterocycles. The lowest BCUT2D eigenvalue weighted by molar-refractivity contribution is 0.419. The standard InChI is InChI=1S/C10H11N7O/c1-5-3-6(17(2)16-5)18-9-7-8(13-4-12-7)14-10(11)15-9/h3-4H,1-2H3,(H3,11,12,13,14,15). The summed E-state index contributed by atoms with van der Waals surface area (Å²) in [7, 11) is 1.79. The van der Waals surface area contributed by atoms with Crippen LogP contribution in [-0.4, -0.2) is 29.7 Å². The molecule has 3 N–H and O–H groups in total. The lowest BCUT2D eigenvalue weighted by Crippen LogP contribution is -2.01. The normalized spacial score (nSPS) is 11.0. The predicted octanol–water partition coefficient (Wildman–Crippen LogP) is 0.769. The minimum atomic E-state index is 0.114. The van der Waals surface area contributed by atoms with Crippen molar-refractivity contribution in [3.05, 3.63) is 18.1 Å². The number of hydrogen-bond donors (Lipinski definition) is 2. The van der Waals surface area contributed by atoms with Gasteiger partial charge in [-0.1, -0.05) is 0 Å². The van der Waals surface area contributed by atoms with Crippen molar-refractivity contribution < 1.29 is 4.74 Å². The van der Waals surface area contributed by atoms with Crippen molar-refractivity contribution in [3.8, 4) is 11.8 Å². The van der Waals surface area contributed by atoms with Crippen LogP contribution in [0.4, 0.5) is 5.95 Å². The van der Waals surface area contributed by atoms with E-state index in [-0.39, 0.29) is 5.95 Å². The summed E-state index contributed by atoms with van der Waals surface area (Å²) in [5.41, 5.74) is 7.53. The Balaban J connectivity index is 2.09. The molecule has 92 valence electrons. The number of aryl methyl sites for hydroxylation is 2. The maximum atomic E-state index is 5.68. The van der Waals surface area contributed by atoms with Gasteiger partial charge in [0.25, 0.3) is 5.88 Å². The molecular weight excluding hydrogens is 234 g/mol. The van der Waals surface area contributed by atoms with Gasteiger partial charge in [-0.3, -0.25) is 0 Å². The van der Waals surface area contributed by atoms with Crippen LogP contribution in [0.1, 0.15) is 5.69 Å². The van der Waals surface area contributed by atoms with Crippen molar-refractivity contribution >= 4 is 17.1 Å². The molecule has 0 saturated carbocycles. The molecule has 0 fully saturated rings. The van der Waals surface area contributed by atoms with Crippen LogP contribution in [0.15, 0.2) is 12.4 Å². The monoisotopic (exact) mass is 245 g/mol. The average molecular weight is 245 g/mol. The number of ether oxygens (including phenoxy) is 1. The molecule has 0 unspecified atom stereocenters. The number of nitrogens with zero attached hydrogens (tertiary/aromatic N) is 5. The van der Waals surface area contributed by atoms with Crippen molar-refractivity contribution in [3.63, 3.8) is 0 Å². The number of hydrogen-bond acceptors (Lipinski definition) is 6. The number of imidazole rings is 1. The number of anilines is 1. The molecule has 8 nitrogen and oxygen atoms in total. The lowest BCUT2D eigenvalue weighted by atomic mass is 10.5. The number of nitrogen functional groups attached to an aromatic ring is 1. The van der Waals surface area contributed by atoms with E-state index < -0.39 is 0 Å². The van der Waals surface area contributed by atoms with Crippen molar-refractivity contribution in [2.24, 2.45) is 7.05 Å². The number of nitrogens with one attached hydrogen (secondary N) is 1. The molecule has 0 radical (unpaired) electrons. The van der Waals surface area contributed by atoms with E-state index in [2.05, 4.69) is 25.0 Å². The van der Waals surface area contributed by atoms with Gasteiger partial charge in [0.15, 0.2) is 5.65 Å². The van der Waals surface area contributed by atoms with E-state index in [9.17, 15) is 0 Å². The van der Waals surface area contributed by atoms with Crippen LogP contribution in [-0.2, 0) is 7.05 Å². The van der Waals surface area contributed by atoms with E-state index >= 15 is 0 Å². The third kappa shape index (κ3) is 1.63. The van der Waals surface area contributed by atoms with Gasteiger partial charge in [-0.25, -0.2) is 9.67 Å². The summed E-state index contributed by atoms with van der Waals surface area (Å²) in [5, 5.41) is 4.19. The van der Waals surface area contributed by atoms with Crippen LogP contribution in [0.3, 0.4) is 0 Å². The predicted molar refractivity (Wildman–Crippen MR) is 64.1 cm³/mol. The average Bonchev–Trinajstić information content (AvgIpc) is 2.86. The molecule has 3 aromatic heterocycles. The van der Waals surface area contributed by atoms with Gasteiger partial charge in [-0.15, -0.1) is 0 Å². The highest BCUT2D eigenvalue weighted by Gasteiger charge is 2.12. The van der Waals surface area contributed by atoms with Crippen molar-refractivity contribution in [1.82, 2.24) is 29.7 Å². The Bertz CT molecular complexity index is 714. The van der Waals surface area contributed by atoms with Gasteiger partial charge in [-0.05, 0) is 6.92 Å². The van der Waals surface area contributed by atoms with Gasteiger partial charge in [0.1, 0.15) is 5.52 Å². The number of nitrogens with two attached hydrogens (primary N) is 1. The molecule has 0 spiro atoms. The fourth-order valence-electron chi connectivity index (χ4n) is 1.68. The first-order valence-corrected chi connectivity index (χ1v) is 5.28. The molecule has 0 bridgehead atoms. The first kappa shape index (κ1) is 10.5. The lowest BCUT2D eigenvalue weighted by Gasteiger charge is -2.05. The van der Waals surface area contributed by atoms with Crippen LogP contribution in [0.5, 0.6) is 11.8 Å². The summed E-state index contributed by atoms with van der Waals surface area (Å²) in [4.78, 5) is 15.0. The summed E-state index contributed by atoms with van der Waals surface area (Å²) < 4.78 is 7.30. The molecule has 0 aromatic carbocycles. The zero-order valence-electron chi connectivity index (χ0n) is 9.88. The molecule has 3 rings (SSSR count).